The molecule has 0 saturated carbocycles. The Labute approximate surface area is 124 Å². The van der Waals surface area contributed by atoms with Gasteiger partial charge in [0.15, 0.2) is 11.6 Å². The number of methoxy groups -OCH3 is 1. The van der Waals surface area contributed by atoms with E-state index in [1.807, 2.05) is 30.3 Å². The zero-order valence-corrected chi connectivity index (χ0v) is 12.3. The van der Waals surface area contributed by atoms with Crippen LogP contribution in [0.1, 0.15) is 36.4 Å². The Morgan fingerprint density at radius 2 is 1.86 bits per heavy atom. The number of benzene rings is 2. The van der Waals surface area contributed by atoms with Gasteiger partial charge < -0.3 is 4.74 Å². The Kier molecular flexibility index (Phi) is 5.31. The van der Waals surface area contributed by atoms with E-state index in [1.165, 1.54) is 7.11 Å². The fourth-order valence-corrected chi connectivity index (χ4v) is 2.71. The van der Waals surface area contributed by atoms with Crippen molar-refractivity contribution >= 4 is 0 Å². The molecule has 0 aliphatic carbocycles. The molecule has 0 saturated heterocycles. The van der Waals surface area contributed by atoms with Crippen molar-refractivity contribution in [1.29, 1.82) is 0 Å². The first-order chi connectivity index (χ1) is 10.2. The predicted octanol–water partition coefficient (Wildman–Crippen LogP) is 3.53. The van der Waals surface area contributed by atoms with Crippen LogP contribution < -0.4 is 16.0 Å². The molecule has 2 rings (SSSR count). The van der Waals surface area contributed by atoms with E-state index in [4.69, 9.17) is 10.6 Å². The third-order valence-corrected chi connectivity index (χ3v) is 3.80. The van der Waals surface area contributed by atoms with Crippen LogP contribution in [0.15, 0.2) is 48.5 Å². The lowest BCUT2D eigenvalue weighted by Gasteiger charge is -2.27. The van der Waals surface area contributed by atoms with E-state index >= 15 is 0 Å². The van der Waals surface area contributed by atoms with Gasteiger partial charge in [-0.05, 0) is 18.1 Å². The molecule has 3 nitrogen and oxygen atoms in total. The number of nitrogens with one attached hydrogen (secondary N) is 1. The SMILES string of the molecule is CCC(c1ccccc1)C(NN)c1cccc(OC)c1F. The van der Waals surface area contributed by atoms with Crippen molar-refractivity contribution in [3.8, 4) is 5.75 Å². The maximum atomic E-state index is 14.5. The van der Waals surface area contributed by atoms with Crippen molar-refractivity contribution in [3.63, 3.8) is 0 Å². The molecule has 0 aliphatic heterocycles. The van der Waals surface area contributed by atoms with Crippen molar-refractivity contribution in [1.82, 2.24) is 5.43 Å². The van der Waals surface area contributed by atoms with E-state index < -0.39 is 0 Å². The zero-order chi connectivity index (χ0) is 15.2. The molecular weight excluding hydrogens is 267 g/mol. The third-order valence-electron chi connectivity index (χ3n) is 3.80. The summed E-state index contributed by atoms with van der Waals surface area (Å²) in [5, 5.41) is 0. The molecule has 0 amide bonds. The van der Waals surface area contributed by atoms with Gasteiger partial charge in [-0.3, -0.25) is 11.3 Å². The number of hydrazine groups is 1. The molecule has 0 spiro atoms. The number of rotatable bonds is 6. The lowest BCUT2D eigenvalue weighted by atomic mass is 9.85. The standard InChI is InChI=1S/C17H21FN2O/c1-3-13(12-8-5-4-6-9-12)17(20-19)14-10-7-11-15(21-2)16(14)18/h4-11,13,17,20H,3,19H2,1-2H3. The van der Waals surface area contributed by atoms with Crippen molar-refractivity contribution in [2.75, 3.05) is 7.11 Å². The van der Waals surface area contributed by atoms with E-state index in [0.29, 0.717) is 5.56 Å². The molecule has 112 valence electrons. The summed E-state index contributed by atoms with van der Waals surface area (Å²) in [6.45, 7) is 2.07. The van der Waals surface area contributed by atoms with Crippen LogP contribution in [-0.2, 0) is 0 Å². The zero-order valence-electron chi connectivity index (χ0n) is 12.3. The first kappa shape index (κ1) is 15.5. The lowest BCUT2D eigenvalue weighted by Crippen LogP contribution is -2.33. The van der Waals surface area contributed by atoms with Crippen LogP contribution in [-0.4, -0.2) is 7.11 Å². The fourth-order valence-electron chi connectivity index (χ4n) is 2.71. The minimum atomic E-state index is -0.364. The van der Waals surface area contributed by atoms with Crippen molar-refractivity contribution in [2.24, 2.45) is 5.84 Å². The second kappa shape index (κ2) is 7.20. The summed E-state index contributed by atoms with van der Waals surface area (Å²) in [6.07, 6.45) is 0.843. The highest BCUT2D eigenvalue weighted by Gasteiger charge is 2.26. The molecule has 0 radical (unpaired) electrons. The normalized spacial score (nSPS) is 13.7. The summed E-state index contributed by atoms with van der Waals surface area (Å²) in [7, 11) is 1.46. The Morgan fingerprint density at radius 3 is 2.43 bits per heavy atom. The minimum absolute atomic E-state index is 0.0813. The summed E-state index contributed by atoms with van der Waals surface area (Å²) in [5.41, 5.74) is 4.42. The van der Waals surface area contributed by atoms with E-state index in [2.05, 4.69) is 12.3 Å². The minimum Gasteiger partial charge on any atom is -0.494 e. The van der Waals surface area contributed by atoms with Crippen LogP contribution in [0.25, 0.3) is 0 Å². The van der Waals surface area contributed by atoms with Crippen LogP contribution in [0, 0.1) is 5.82 Å². The Bertz CT molecular complexity index is 574. The Hall–Kier alpha value is -1.91. The highest BCUT2D eigenvalue weighted by molar-refractivity contribution is 5.35. The van der Waals surface area contributed by atoms with Gasteiger partial charge in [0.1, 0.15) is 0 Å². The van der Waals surface area contributed by atoms with Gasteiger partial charge in [0.2, 0.25) is 0 Å². The van der Waals surface area contributed by atoms with E-state index in [-0.39, 0.29) is 23.5 Å². The van der Waals surface area contributed by atoms with E-state index in [0.717, 1.165) is 12.0 Å². The summed E-state index contributed by atoms with van der Waals surface area (Å²) in [5.74, 6) is 5.67. The van der Waals surface area contributed by atoms with Gasteiger partial charge in [-0.25, -0.2) is 4.39 Å². The van der Waals surface area contributed by atoms with Crippen molar-refractivity contribution < 1.29 is 9.13 Å². The van der Waals surface area contributed by atoms with Crippen LogP contribution in [0.4, 0.5) is 4.39 Å². The summed E-state index contributed by atoms with van der Waals surface area (Å²) in [6, 6.07) is 14.8. The van der Waals surface area contributed by atoms with Gasteiger partial charge in [0.05, 0.1) is 13.2 Å². The molecule has 0 aliphatic rings. The summed E-state index contributed by atoms with van der Waals surface area (Å²) < 4.78 is 19.6. The van der Waals surface area contributed by atoms with E-state index in [1.54, 1.807) is 18.2 Å². The molecule has 2 unspecified atom stereocenters. The topological polar surface area (TPSA) is 47.3 Å². The molecule has 4 heteroatoms. The third kappa shape index (κ3) is 3.23. The molecule has 0 aromatic heterocycles. The molecular formula is C17H21FN2O. The van der Waals surface area contributed by atoms with Crippen molar-refractivity contribution in [2.45, 2.75) is 25.3 Å². The molecule has 3 N–H and O–H groups in total. The van der Waals surface area contributed by atoms with Crippen LogP contribution in [0.2, 0.25) is 0 Å². The number of hydrogen-bond donors (Lipinski definition) is 2. The molecule has 21 heavy (non-hydrogen) atoms. The highest BCUT2D eigenvalue weighted by Crippen LogP contribution is 2.36. The van der Waals surface area contributed by atoms with Gasteiger partial charge in [-0.1, -0.05) is 49.4 Å². The fraction of sp³-hybridized carbons (Fsp3) is 0.294. The van der Waals surface area contributed by atoms with Gasteiger partial charge in [-0.2, -0.15) is 0 Å². The summed E-state index contributed by atoms with van der Waals surface area (Å²) in [4.78, 5) is 0. The smallest absolute Gasteiger partial charge is 0.169 e. The first-order valence-corrected chi connectivity index (χ1v) is 7.06. The molecule has 2 atom stereocenters. The second-order valence-corrected chi connectivity index (χ2v) is 4.93. The molecule has 2 aromatic rings. The average Bonchev–Trinajstić information content (AvgIpc) is 2.54. The van der Waals surface area contributed by atoms with Gasteiger partial charge in [0, 0.05) is 11.5 Å². The quantitative estimate of drug-likeness (QED) is 0.631. The second-order valence-electron chi connectivity index (χ2n) is 4.93. The molecule has 0 heterocycles. The number of hydrogen-bond acceptors (Lipinski definition) is 3. The maximum Gasteiger partial charge on any atom is 0.169 e. The molecule has 0 bridgehead atoms. The van der Waals surface area contributed by atoms with Crippen LogP contribution in [0.3, 0.4) is 0 Å². The van der Waals surface area contributed by atoms with E-state index in [9.17, 15) is 4.39 Å². The monoisotopic (exact) mass is 288 g/mol. The van der Waals surface area contributed by atoms with Gasteiger partial charge >= 0.3 is 0 Å². The van der Waals surface area contributed by atoms with Crippen LogP contribution >= 0.6 is 0 Å². The van der Waals surface area contributed by atoms with Crippen LogP contribution in [0.5, 0.6) is 5.75 Å². The lowest BCUT2D eigenvalue weighted by molar-refractivity contribution is 0.371. The summed E-state index contributed by atoms with van der Waals surface area (Å²) >= 11 is 0. The molecule has 0 fully saturated rings. The number of nitrogens with two attached hydrogens (primary N) is 1. The Morgan fingerprint density at radius 1 is 1.14 bits per heavy atom. The Balaban J connectivity index is 2.43. The van der Waals surface area contributed by atoms with Crippen molar-refractivity contribution in [3.05, 3.63) is 65.5 Å². The average molecular weight is 288 g/mol. The predicted molar refractivity (Wildman–Crippen MR) is 82.5 cm³/mol. The number of halogens is 1. The largest absolute Gasteiger partial charge is 0.494 e. The van der Waals surface area contributed by atoms with Gasteiger partial charge in [0.25, 0.3) is 0 Å². The highest BCUT2D eigenvalue weighted by atomic mass is 19.1. The number of ether oxygens (including phenoxy) is 1. The van der Waals surface area contributed by atoms with Gasteiger partial charge in [-0.15, -0.1) is 0 Å². The molecule has 2 aromatic carbocycles. The first-order valence-electron chi connectivity index (χ1n) is 7.06. The maximum absolute atomic E-state index is 14.5.